The summed E-state index contributed by atoms with van der Waals surface area (Å²) in [6, 6.07) is 2.88. The minimum atomic E-state index is -0.732. The van der Waals surface area contributed by atoms with Crippen LogP contribution in [0.15, 0.2) is 16.7 Å². The number of nitrogens with zero attached hydrogens (tertiary/aromatic N) is 1. The number of nitrogens with one attached hydrogen (secondary N) is 1. The zero-order valence-electron chi connectivity index (χ0n) is 12.6. The number of aryl methyl sites for hydroxylation is 2. The van der Waals surface area contributed by atoms with Gasteiger partial charge in [0, 0.05) is 5.56 Å². The lowest BCUT2D eigenvalue weighted by atomic mass is 9.92. The van der Waals surface area contributed by atoms with E-state index in [2.05, 4.69) is 10.5 Å². The molecule has 1 aromatic carbocycles. The maximum atomic E-state index is 12.4. The van der Waals surface area contributed by atoms with E-state index in [0.717, 1.165) is 5.56 Å². The third-order valence-corrected chi connectivity index (χ3v) is 4.19. The van der Waals surface area contributed by atoms with Crippen LogP contribution in [0.2, 0.25) is 10.0 Å². The van der Waals surface area contributed by atoms with E-state index in [4.69, 9.17) is 27.7 Å². The van der Waals surface area contributed by atoms with Gasteiger partial charge < -0.3 is 14.9 Å². The first-order chi connectivity index (χ1) is 10.1. The van der Waals surface area contributed by atoms with Crippen LogP contribution >= 0.6 is 23.2 Å². The van der Waals surface area contributed by atoms with Crippen LogP contribution in [0.3, 0.4) is 0 Å². The summed E-state index contributed by atoms with van der Waals surface area (Å²) in [6.07, 6.45) is 0. The highest BCUT2D eigenvalue weighted by Crippen LogP contribution is 2.35. The van der Waals surface area contributed by atoms with Crippen LogP contribution in [0.4, 0.5) is 0 Å². The van der Waals surface area contributed by atoms with Crippen molar-refractivity contribution in [1.29, 1.82) is 0 Å². The Balaban J connectivity index is 2.35. The molecule has 1 aromatic heterocycles. The number of phenolic OH excluding ortho intramolecular Hbond substituents is 1. The lowest BCUT2D eigenvalue weighted by Crippen LogP contribution is -2.41. The smallest absolute Gasteiger partial charge is 0.255 e. The summed E-state index contributed by atoms with van der Waals surface area (Å²) in [5.74, 6) is -0.191. The molecule has 0 bridgehead atoms. The second-order valence-electron chi connectivity index (χ2n) is 5.54. The van der Waals surface area contributed by atoms with Crippen LogP contribution in [0.1, 0.15) is 41.2 Å². The largest absolute Gasteiger partial charge is 0.505 e. The first-order valence-electron chi connectivity index (χ1n) is 6.58. The predicted octanol–water partition coefficient (Wildman–Crippen LogP) is 3.97. The molecule has 0 saturated carbocycles. The van der Waals surface area contributed by atoms with Gasteiger partial charge in [0.05, 0.1) is 21.8 Å². The van der Waals surface area contributed by atoms with Gasteiger partial charge in [-0.05, 0) is 39.8 Å². The second kappa shape index (κ2) is 5.82. The molecule has 0 atom stereocenters. The van der Waals surface area contributed by atoms with Crippen molar-refractivity contribution in [3.63, 3.8) is 0 Å². The van der Waals surface area contributed by atoms with Crippen molar-refractivity contribution >= 4 is 29.1 Å². The van der Waals surface area contributed by atoms with Gasteiger partial charge in [0.2, 0.25) is 0 Å². The van der Waals surface area contributed by atoms with E-state index in [9.17, 15) is 9.90 Å². The van der Waals surface area contributed by atoms with E-state index in [1.165, 1.54) is 12.1 Å². The fourth-order valence-electron chi connectivity index (χ4n) is 2.51. The fraction of sp³-hybridized carbons (Fsp3) is 0.333. The summed E-state index contributed by atoms with van der Waals surface area (Å²) in [6.45, 7) is 7.23. The van der Waals surface area contributed by atoms with Gasteiger partial charge in [0.25, 0.3) is 5.91 Å². The van der Waals surface area contributed by atoms with Crippen LogP contribution < -0.4 is 5.32 Å². The topological polar surface area (TPSA) is 75.4 Å². The molecule has 2 N–H and O–H groups in total. The van der Waals surface area contributed by atoms with Gasteiger partial charge in [-0.25, -0.2) is 0 Å². The summed E-state index contributed by atoms with van der Waals surface area (Å²) in [5, 5.41) is 16.8. The minimum Gasteiger partial charge on any atom is -0.505 e. The number of carbonyl (C=O) groups is 1. The molecule has 1 amide bonds. The summed E-state index contributed by atoms with van der Waals surface area (Å²) >= 11 is 11.7. The lowest BCUT2D eigenvalue weighted by molar-refractivity contribution is 0.0909. The van der Waals surface area contributed by atoms with E-state index >= 15 is 0 Å². The molecule has 2 rings (SSSR count). The van der Waals surface area contributed by atoms with E-state index in [0.29, 0.717) is 11.5 Å². The molecular formula is C15H16Cl2N2O3. The minimum absolute atomic E-state index is 0.0502. The molecule has 7 heteroatoms. The van der Waals surface area contributed by atoms with E-state index in [1.807, 2.05) is 13.8 Å². The third kappa shape index (κ3) is 2.91. The Kier molecular flexibility index (Phi) is 4.40. The van der Waals surface area contributed by atoms with Crippen LogP contribution in [0.25, 0.3) is 0 Å². The molecule has 0 fully saturated rings. The molecular weight excluding hydrogens is 327 g/mol. The molecule has 0 aliphatic carbocycles. The second-order valence-corrected chi connectivity index (χ2v) is 6.32. The number of hydrogen-bond donors (Lipinski definition) is 2. The monoisotopic (exact) mass is 342 g/mol. The summed E-state index contributed by atoms with van der Waals surface area (Å²) in [7, 11) is 0. The molecule has 118 valence electrons. The van der Waals surface area contributed by atoms with Crippen molar-refractivity contribution in [3.05, 3.63) is 44.8 Å². The number of amides is 1. The summed E-state index contributed by atoms with van der Waals surface area (Å²) < 4.78 is 5.14. The molecule has 0 radical (unpaired) electrons. The summed E-state index contributed by atoms with van der Waals surface area (Å²) in [4.78, 5) is 12.4. The van der Waals surface area contributed by atoms with Gasteiger partial charge >= 0.3 is 0 Å². The highest BCUT2D eigenvalue weighted by Gasteiger charge is 2.31. The molecule has 0 aliphatic rings. The zero-order valence-corrected chi connectivity index (χ0v) is 14.1. The Morgan fingerprint density at radius 3 is 2.50 bits per heavy atom. The Morgan fingerprint density at radius 2 is 1.95 bits per heavy atom. The number of aromatic hydroxyl groups is 1. The number of rotatable bonds is 3. The Bertz CT molecular complexity index is 719. The number of benzene rings is 1. The van der Waals surface area contributed by atoms with Crippen LogP contribution in [-0.4, -0.2) is 16.2 Å². The van der Waals surface area contributed by atoms with Crippen molar-refractivity contribution in [2.75, 3.05) is 0 Å². The van der Waals surface area contributed by atoms with E-state index in [-0.39, 0.29) is 21.4 Å². The van der Waals surface area contributed by atoms with Crippen molar-refractivity contribution in [1.82, 2.24) is 10.5 Å². The Morgan fingerprint density at radius 1 is 1.32 bits per heavy atom. The highest BCUT2D eigenvalue weighted by molar-refractivity contribution is 6.43. The molecule has 0 unspecified atom stereocenters. The number of phenols is 1. The Hall–Kier alpha value is -1.72. The SMILES string of the molecule is Cc1noc(C)c1C(C)(C)NC(=O)c1ccc(Cl)c(Cl)c1O. The molecule has 0 aliphatic heterocycles. The first-order valence-corrected chi connectivity index (χ1v) is 7.33. The van der Waals surface area contributed by atoms with Gasteiger partial charge in [-0.15, -0.1) is 0 Å². The number of carbonyl (C=O) groups excluding carboxylic acids is 1. The van der Waals surface area contributed by atoms with Gasteiger partial charge in [-0.2, -0.15) is 0 Å². The van der Waals surface area contributed by atoms with Crippen molar-refractivity contribution in [2.45, 2.75) is 33.2 Å². The van der Waals surface area contributed by atoms with Crippen molar-refractivity contribution < 1.29 is 14.4 Å². The average Bonchev–Trinajstić information content (AvgIpc) is 2.75. The normalized spacial score (nSPS) is 11.5. The highest BCUT2D eigenvalue weighted by atomic mass is 35.5. The van der Waals surface area contributed by atoms with Gasteiger partial charge in [0.1, 0.15) is 16.5 Å². The van der Waals surface area contributed by atoms with Crippen molar-refractivity contribution in [3.8, 4) is 5.75 Å². The molecule has 22 heavy (non-hydrogen) atoms. The standard InChI is InChI=1S/C15H16Cl2N2O3/c1-7-11(8(2)22-19-7)15(3,4)18-14(21)9-5-6-10(16)12(17)13(9)20/h5-6,20H,1-4H3,(H,18,21). The van der Waals surface area contributed by atoms with Gasteiger partial charge in [-0.1, -0.05) is 28.4 Å². The quantitative estimate of drug-likeness (QED) is 0.884. The van der Waals surface area contributed by atoms with Gasteiger partial charge in [-0.3, -0.25) is 4.79 Å². The van der Waals surface area contributed by atoms with Crippen LogP contribution in [0.5, 0.6) is 5.75 Å². The molecule has 0 spiro atoms. The van der Waals surface area contributed by atoms with E-state index < -0.39 is 11.4 Å². The van der Waals surface area contributed by atoms with E-state index in [1.54, 1.807) is 13.8 Å². The molecule has 1 heterocycles. The first kappa shape index (κ1) is 16.6. The number of aromatic nitrogens is 1. The van der Waals surface area contributed by atoms with Crippen molar-refractivity contribution in [2.24, 2.45) is 0 Å². The maximum Gasteiger partial charge on any atom is 0.255 e. The average molecular weight is 343 g/mol. The number of halogens is 2. The fourth-order valence-corrected chi connectivity index (χ4v) is 2.83. The molecule has 0 saturated heterocycles. The molecule has 5 nitrogen and oxygen atoms in total. The molecule has 2 aromatic rings. The zero-order chi connectivity index (χ0) is 16.7. The van der Waals surface area contributed by atoms with Gasteiger partial charge in [0.15, 0.2) is 0 Å². The predicted molar refractivity (Wildman–Crippen MR) is 84.6 cm³/mol. The maximum absolute atomic E-state index is 12.4. The van der Waals surface area contributed by atoms with Crippen LogP contribution in [-0.2, 0) is 5.54 Å². The van der Waals surface area contributed by atoms with Crippen LogP contribution in [0, 0.1) is 13.8 Å². The lowest BCUT2D eigenvalue weighted by Gasteiger charge is -2.26. The number of hydrogen-bond acceptors (Lipinski definition) is 4. The summed E-state index contributed by atoms with van der Waals surface area (Å²) in [5.41, 5.74) is 0.805. The Labute approximate surface area is 138 Å². The third-order valence-electron chi connectivity index (χ3n) is 3.40.